The van der Waals surface area contributed by atoms with Gasteiger partial charge in [-0.2, -0.15) is 0 Å². The second-order valence-corrected chi connectivity index (χ2v) is 6.80. The first-order valence-electron chi connectivity index (χ1n) is 8.95. The molecule has 0 unspecified atom stereocenters. The fourth-order valence-corrected chi connectivity index (χ4v) is 3.85. The van der Waals surface area contributed by atoms with Crippen molar-refractivity contribution in [1.82, 2.24) is 15.1 Å². The van der Waals surface area contributed by atoms with E-state index < -0.39 is 0 Å². The van der Waals surface area contributed by atoms with Gasteiger partial charge in [-0.25, -0.2) is 4.79 Å². The van der Waals surface area contributed by atoms with Crippen LogP contribution in [0.5, 0.6) is 11.5 Å². The summed E-state index contributed by atoms with van der Waals surface area (Å²) in [5.74, 6) is 1.60. The van der Waals surface area contributed by atoms with E-state index in [0.29, 0.717) is 19.4 Å². The maximum absolute atomic E-state index is 12.3. The number of likely N-dealkylation sites (tertiary alicyclic amines) is 2. The van der Waals surface area contributed by atoms with Crippen LogP contribution in [0.2, 0.25) is 0 Å². The molecule has 0 aromatic heterocycles. The number of urea groups is 1. The zero-order valence-corrected chi connectivity index (χ0v) is 14.0. The maximum atomic E-state index is 12.3. The van der Waals surface area contributed by atoms with Crippen LogP contribution in [0, 0.1) is 0 Å². The molecule has 2 saturated heterocycles. The van der Waals surface area contributed by atoms with Crippen LogP contribution in [-0.4, -0.2) is 61.4 Å². The lowest BCUT2D eigenvalue weighted by atomic mass is 10.1. The Labute approximate surface area is 142 Å². The first kappa shape index (κ1) is 15.6. The van der Waals surface area contributed by atoms with Gasteiger partial charge < -0.3 is 19.7 Å². The van der Waals surface area contributed by atoms with Gasteiger partial charge in [0.05, 0.1) is 0 Å². The Morgan fingerprint density at radius 1 is 1.17 bits per heavy atom. The lowest BCUT2D eigenvalue weighted by Gasteiger charge is -2.23. The summed E-state index contributed by atoms with van der Waals surface area (Å²) in [6.45, 7) is 5.08. The Morgan fingerprint density at radius 3 is 2.88 bits per heavy atom. The first-order valence-corrected chi connectivity index (χ1v) is 8.95. The molecule has 2 amide bonds. The largest absolute Gasteiger partial charge is 0.454 e. The van der Waals surface area contributed by atoms with Crippen LogP contribution in [0.1, 0.15) is 24.8 Å². The molecule has 0 aliphatic carbocycles. The molecule has 0 radical (unpaired) electrons. The van der Waals surface area contributed by atoms with E-state index in [1.807, 2.05) is 23.1 Å². The highest BCUT2D eigenvalue weighted by Crippen LogP contribution is 2.32. The molecule has 3 aliphatic rings. The summed E-state index contributed by atoms with van der Waals surface area (Å²) in [4.78, 5) is 16.8. The summed E-state index contributed by atoms with van der Waals surface area (Å²) in [6.07, 6.45) is 4.51. The molecule has 3 aliphatic heterocycles. The summed E-state index contributed by atoms with van der Waals surface area (Å²) in [5, 5.41) is 3.05. The van der Waals surface area contributed by atoms with E-state index in [1.54, 1.807) is 0 Å². The maximum Gasteiger partial charge on any atom is 0.317 e. The van der Waals surface area contributed by atoms with Crippen LogP contribution >= 0.6 is 0 Å². The van der Waals surface area contributed by atoms with E-state index in [1.165, 1.54) is 25.9 Å². The second-order valence-electron chi connectivity index (χ2n) is 6.80. The van der Waals surface area contributed by atoms with Gasteiger partial charge in [0.25, 0.3) is 0 Å². The predicted molar refractivity (Wildman–Crippen MR) is 90.5 cm³/mol. The van der Waals surface area contributed by atoms with Crippen molar-refractivity contribution in [3.63, 3.8) is 0 Å². The van der Waals surface area contributed by atoms with Gasteiger partial charge in [-0.05, 0) is 56.5 Å². The van der Waals surface area contributed by atoms with Gasteiger partial charge in [-0.15, -0.1) is 0 Å². The summed E-state index contributed by atoms with van der Waals surface area (Å²) in [5.41, 5.74) is 1.15. The summed E-state index contributed by atoms with van der Waals surface area (Å²) in [7, 11) is 0. The molecule has 2 fully saturated rings. The number of ether oxygens (including phenoxy) is 2. The van der Waals surface area contributed by atoms with Crippen molar-refractivity contribution in [3.8, 4) is 11.5 Å². The van der Waals surface area contributed by atoms with E-state index in [2.05, 4.69) is 10.2 Å². The molecular weight excluding hydrogens is 306 g/mol. The van der Waals surface area contributed by atoms with Crippen LogP contribution in [0.15, 0.2) is 18.2 Å². The number of benzene rings is 1. The van der Waals surface area contributed by atoms with Gasteiger partial charge in [0.2, 0.25) is 6.79 Å². The molecule has 24 heavy (non-hydrogen) atoms. The number of hydrogen-bond acceptors (Lipinski definition) is 4. The molecule has 0 spiro atoms. The fourth-order valence-electron chi connectivity index (χ4n) is 3.85. The topological polar surface area (TPSA) is 54.0 Å². The fraction of sp³-hybridized carbons (Fsp3) is 0.611. The van der Waals surface area contributed by atoms with Crippen molar-refractivity contribution in [2.75, 3.05) is 39.5 Å². The van der Waals surface area contributed by atoms with Gasteiger partial charge in [-0.1, -0.05) is 6.07 Å². The Balaban J connectivity index is 1.22. The number of carbonyl (C=O) groups is 1. The highest BCUT2D eigenvalue weighted by atomic mass is 16.7. The SMILES string of the molecule is O=C(NCCc1ccc2c(c1)OCO2)N1CC[C@@H](N2CCCC2)C1. The third-order valence-electron chi connectivity index (χ3n) is 5.23. The standard InChI is InChI=1S/C18H25N3O3/c22-18(21-10-6-15(12-21)20-8-1-2-9-20)19-7-5-14-3-4-16-17(11-14)24-13-23-16/h3-4,11,15H,1-2,5-10,12-13H2,(H,19,22)/t15-/m1/s1. The molecule has 0 bridgehead atoms. The smallest absolute Gasteiger partial charge is 0.317 e. The van der Waals surface area contributed by atoms with Gasteiger partial charge in [-0.3, -0.25) is 4.90 Å². The quantitative estimate of drug-likeness (QED) is 0.915. The van der Waals surface area contributed by atoms with Crippen LogP contribution in [-0.2, 0) is 6.42 Å². The van der Waals surface area contributed by atoms with Crippen LogP contribution in [0.4, 0.5) is 4.79 Å². The lowest BCUT2D eigenvalue weighted by molar-refractivity contribution is 0.174. The van der Waals surface area contributed by atoms with Crippen molar-refractivity contribution in [2.45, 2.75) is 31.7 Å². The molecule has 1 atom stereocenters. The van der Waals surface area contributed by atoms with Crippen LogP contribution in [0.3, 0.4) is 0 Å². The van der Waals surface area contributed by atoms with Crippen LogP contribution < -0.4 is 14.8 Å². The normalized spacial score (nSPS) is 23.0. The van der Waals surface area contributed by atoms with E-state index in [0.717, 1.165) is 43.0 Å². The Morgan fingerprint density at radius 2 is 2.00 bits per heavy atom. The van der Waals surface area contributed by atoms with Gasteiger partial charge in [0, 0.05) is 25.7 Å². The minimum Gasteiger partial charge on any atom is -0.454 e. The van der Waals surface area contributed by atoms with Crippen molar-refractivity contribution >= 4 is 6.03 Å². The van der Waals surface area contributed by atoms with Gasteiger partial charge >= 0.3 is 6.03 Å². The molecule has 0 saturated carbocycles. The van der Waals surface area contributed by atoms with Crippen molar-refractivity contribution in [2.24, 2.45) is 0 Å². The summed E-state index contributed by atoms with van der Waals surface area (Å²) >= 11 is 0. The Kier molecular flexibility index (Phi) is 4.47. The molecule has 4 rings (SSSR count). The third kappa shape index (κ3) is 3.29. The van der Waals surface area contributed by atoms with E-state index in [4.69, 9.17) is 9.47 Å². The van der Waals surface area contributed by atoms with Crippen molar-refractivity contribution in [1.29, 1.82) is 0 Å². The molecule has 1 N–H and O–H groups in total. The minimum atomic E-state index is 0.0671. The molecule has 1 aromatic rings. The monoisotopic (exact) mass is 331 g/mol. The molecule has 6 nitrogen and oxygen atoms in total. The second kappa shape index (κ2) is 6.89. The summed E-state index contributed by atoms with van der Waals surface area (Å²) < 4.78 is 10.7. The Hall–Kier alpha value is -1.95. The number of carbonyl (C=O) groups excluding carboxylic acids is 1. The van der Waals surface area contributed by atoms with Crippen molar-refractivity contribution < 1.29 is 14.3 Å². The molecule has 6 heteroatoms. The molecular formula is C18H25N3O3. The highest BCUT2D eigenvalue weighted by molar-refractivity contribution is 5.74. The lowest BCUT2D eigenvalue weighted by Crippen LogP contribution is -2.42. The first-order chi connectivity index (χ1) is 11.8. The number of fused-ring (bicyclic) bond motifs is 1. The van der Waals surface area contributed by atoms with E-state index >= 15 is 0 Å². The number of nitrogens with zero attached hydrogens (tertiary/aromatic N) is 2. The third-order valence-corrected chi connectivity index (χ3v) is 5.23. The predicted octanol–water partition coefficient (Wildman–Crippen LogP) is 1.84. The molecule has 3 heterocycles. The zero-order valence-electron chi connectivity index (χ0n) is 14.0. The van der Waals surface area contributed by atoms with Gasteiger partial charge in [0.1, 0.15) is 0 Å². The minimum absolute atomic E-state index is 0.0671. The average Bonchev–Trinajstić information content (AvgIpc) is 3.33. The summed E-state index contributed by atoms with van der Waals surface area (Å²) in [6, 6.07) is 6.58. The molecule has 1 aromatic carbocycles. The number of hydrogen-bond donors (Lipinski definition) is 1. The van der Waals surface area contributed by atoms with Crippen LogP contribution in [0.25, 0.3) is 0 Å². The van der Waals surface area contributed by atoms with Crippen molar-refractivity contribution in [3.05, 3.63) is 23.8 Å². The molecule has 130 valence electrons. The number of nitrogens with one attached hydrogen (secondary N) is 1. The van der Waals surface area contributed by atoms with E-state index in [-0.39, 0.29) is 6.03 Å². The van der Waals surface area contributed by atoms with Gasteiger partial charge in [0.15, 0.2) is 11.5 Å². The Bertz CT molecular complexity index is 601. The average molecular weight is 331 g/mol. The number of rotatable bonds is 4. The highest BCUT2D eigenvalue weighted by Gasteiger charge is 2.31. The number of amides is 2. The van der Waals surface area contributed by atoms with E-state index in [9.17, 15) is 4.79 Å². The zero-order chi connectivity index (χ0) is 16.4.